The fourth-order valence-corrected chi connectivity index (χ4v) is 2.73. The first-order valence-corrected chi connectivity index (χ1v) is 7.99. The Morgan fingerprint density at radius 3 is 2.29 bits per heavy atom. The van der Waals surface area contributed by atoms with Crippen molar-refractivity contribution in [3.8, 4) is 11.5 Å². The van der Waals surface area contributed by atoms with Gasteiger partial charge in [0.1, 0.15) is 16.4 Å². The number of para-hydroxylation sites is 1. The summed E-state index contributed by atoms with van der Waals surface area (Å²) in [5, 5.41) is 3.06. The van der Waals surface area contributed by atoms with Crippen LogP contribution in [-0.4, -0.2) is 22.5 Å². The Balaban J connectivity index is 2.28. The quantitative estimate of drug-likeness (QED) is 0.858. The lowest BCUT2D eigenvalue weighted by Crippen LogP contribution is -2.19. The fraction of sp³-hybridized carbons (Fsp3) is 0.200. The summed E-state index contributed by atoms with van der Waals surface area (Å²) in [7, 11) is -0.299. The lowest BCUT2D eigenvalue weighted by molar-refractivity contribution is 0.466. The van der Waals surface area contributed by atoms with Gasteiger partial charge in [0, 0.05) is 6.54 Å². The molecule has 21 heavy (non-hydrogen) atoms. The molecule has 0 bridgehead atoms. The first kappa shape index (κ1) is 15.5. The van der Waals surface area contributed by atoms with Crippen LogP contribution in [0, 0.1) is 0 Å². The standard InChI is InChI=1S/C15H18N2O3S/c1-16-11-12-7-9-13(10-8-12)20-14-5-3-4-6-15(14)21(18,19)17-2/h3-10,16-17H,11H2,1-2H3. The molecule has 0 saturated heterocycles. The Morgan fingerprint density at radius 1 is 1.00 bits per heavy atom. The van der Waals surface area contributed by atoms with E-state index in [-0.39, 0.29) is 4.90 Å². The van der Waals surface area contributed by atoms with Crippen molar-refractivity contribution in [1.29, 1.82) is 0 Å². The van der Waals surface area contributed by atoms with Crippen LogP contribution in [0.25, 0.3) is 0 Å². The Labute approximate surface area is 125 Å². The monoisotopic (exact) mass is 306 g/mol. The Morgan fingerprint density at radius 2 is 1.67 bits per heavy atom. The average molecular weight is 306 g/mol. The first-order chi connectivity index (χ1) is 10.1. The zero-order valence-corrected chi connectivity index (χ0v) is 12.8. The van der Waals surface area contributed by atoms with Gasteiger partial charge in [-0.2, -0.15) is 0 Å². The molecule has 0 aliphatic heterocycles. The van der Waals surface area contributed by atoms with Crippen LogP contribution < -0.4 is 14.8 Å². The Bertz CT molecular complexity index is 697. The van der Waals surface area contributed by atoms with Gasteiger partial charge in [0.2, 0.25) is 10.0 Å². The number of nitrogens with one attached hydrogen (secondary N) is 2. The maximum atomic E-state index is 12.0. The van der Waals surface area contributed by atoms with E-state index in [9.17, 15) is 8.42 Å². The van der Waals surface area contributed by atoms with Gasteiger partial charge in [-0.05, 0) is 43.9 Å². The largest absolute Gasteiger partial charge is 0.456 e. The normalized spacial score (nSPS) is 11.3. The molecule has 5 nitrogen and oxygen atoms in total. The summed E-state index contributed by atoms with van der Waals surface area (Å²) in [4.78, 5) is 0.117. The van der Waals surface area contributed by atoms with E-state index >= 15 is 0 Å². The zero-order chi connectivity index (χ0) is 15.3. The minimum atomic E-state index is -3.55. The highest BCUT2D eigenvalue weighted by atomic mass is 32.2. The number of hydrogen-bond acceptors (Lipinski definition) is 4. The number of rotatable bonds is 6. The van der Waals surface area contributed by atoms with Crippen LogP contribution in [0.4, 0.5) is 0 Å². The van der Waals surface area contributed by atoms with Crippen LogP contribution in [0.5, 0.6) is 11.5 Å². The van der Waals surface area contributed by atoms with Crippen molar-refractivity contribution in [2.45, 2.75) is 11.4 Å². The molecule has 2 N–H and O–H groups in total. The lowest BCUT2D eigenvalue weighted by atomic mass is 10.2. The summed E-state index contributed by atoms with van der Waals surface area (Å²) >= 11 is 0. The molecule has 0 amide bonds. The molecule has 0 aliphatic rings. The third kappa shape index (κ3) is 3.81. The predicted octanol–water partition coefficient (Wildman–Crippen LogP) is 2.11. The number of sulfonamides is 1. The van der Waals surface area contributed by atoms with Crippen molar-refractivity contribution in [2.24, 2.45) is 0 Å². The Kier molecular flexibility index (Phi) is 4.95. The summed E-state index contributed by atoms with van der Waals surface area (Å²) in [5.41, 5.74) is 1.13. The summed E-state index contributed by atoms with van der Waals surface area (Å²) < 4.78 is 31.9. The van der Waals surface area contributed by atoms with E-state index in [0.29, 0.717) is 11.5 Å². The number of hydrogen-bond donors (Lipinski definition) is 2. The van der Waals surface area contributed by atoms with E-state index in [4.69, 9.17) is 4.74 Å². The molecule has 0 unspecified atom stereocenters. The molecule has 0 spiro atoms. The highest BCUT2D eigenvalue weighted by Crippen LogP contribution is 2.28. The molecule has 6 heteroatoms. The highest BCUT2D eigenvalue weighted by molar-refractivity contribution is 7.89. The third-order valence-corrected chi connectivity index (χ3v) is 4.39. The molecule has 0 saturated carbocycles. The van der Waals surface area contributed by atoms with Crippen LogP contribution >= 0.6 is 0 Å². The molecular weight excluding hydrogens is 288 g/mol. The highest BCUT2D eigenvalue weighted by Gasteiger charge is 2.17. The molecular formula is C15H18N2O3S. The topological polar surface area (TPSA) is 67.4 Å². The van der Waals surface area contributed by atoms with E-state index in [1.165, 1.54) is 13.1 Å². The van der Waals surface area contributed by atoms with Gasteiger partial charge in [-0.15, -0.1) is 0 Å². The third-order valence-electron chi connectivity index (χ3n) is 2.94. The molecule has 0 heterocycles. The van der Waals surface area contributed by atoms with E-state index in [0.717, 1.165) is 12.1 Å². The second kappa shape index (κ2) is 6.71. The van der Waals surface area contributed by atoms with E-state index in [1.54, 1.807) is 18.2 Å². The molecule has 0 fully saturated rings. The molecule has 0 aliphatic carbocycles. The minimum absolute atomic E-state index is 0.117. The van der Waals surface area contributed by atoms with Crippen LogP contribution in [-0.2, 0) is 16.6 Å². The van der Waals surface area contributed by atoms with Crippen molar-refractivity contribution in [3.63, 3.8) is 0 Å². The lowest BCUT2D eigenvalue weighted by Gasteiger charge is -2.11. The molecule has 2 aromatic rings. The Hall–Kier alpha value is -1.89. The summed E-state index contributed by atoms with van der Waals surface area (Å²) in [5.74, 6) is 0.891. The van der Waals surface area contributed by atoms with Crippen LogP contribution in [0.2, 0.25) is 0 Å². The van der Waals surface area contributed by atoms with Gasteiger partial charge < -0.3 is 10.1 Å². The van der Waals surface area contributed by atoms with E-state index in [1.807, 2.05) is 31.3 Å². The zero-order valence-electron chi connectivity index (χ0n) is 12.0. The van der Waals surface area contributed by atoms with Gasteiger partial charge in [0.25, 0.3) is 0 Å². The molecule has 0 radical (unpaired) electrons. The van der Waals surface area contributed by atoms with E-state index < -0.39 is 10.0 Å². The molecule has 0 aromatic heterocycles. The van der Waals surface area contributed by atoms with Gasteiger partial charge in [-0.1, -0.05) is 24.3 Å². The van der Waals surface area contributed by atoms with Crippen LogP contribution in [0.15, 0.2) is 53.4 Å². The second-order valence-corrected chi connectivity index (χ2v) is 6.29. The van der Waals surface area contributed by atoms with Crippen LogP contribution in [0.1, 0.15) is 5.56 Å². The van der Waals surface area contributed by atoms with Gasteiger partial charge in [0.15, 0.2) is 0 Å². The molecule has 0 atom stereocenters. The summed E-state index contributed by atoms with van der Waals surface area (Å²) in [6.45, 7) is 0.769. The fourth-order valence-electron chi connectivity index (χ4n) is 1.87. The SMILES string of the molecule is CNCc1ccc(Oc2ccccc2S(=O)(=O)NC)cc1. The van der Waals surface area contributed by atoms with Gasteiger partial charge in [-0.25, -0.2) is 13.1 Å². The molecule has 2 rings (SSSR count). The van der Waals surface area contributed by atoms with Crippen molar-refractivity contribution in [2.75, 3.05) is 14.1 Å². The molecule has 2 aromatic carbocycles. The summed E-state index contributed by atoms with van der Waals surface area (Å²) in [6.07, 6.45) is 0. The smallest absolute Gasteiger partial charge is 0.244 e. The maximum Gasteiger partial charge on any atom is 0.244 e. The van der Waals surface area contributed by atoms with Gasteiger partial charge in [0.05, 0.1) is 0 Å². The van der Waals surface area contributed by atoms with E-state index in [2.05, 4.69) is 10.0 Å². The van der Waals surface area contributed by atoms with Crippen LogP contribution in [0.3, 0.4) is 0 Å². The average Bonchev–Trinajstić information content (AvgIpc) is 2.50. The minimum Gasteiger partial charge on any atom is -0.456 e. The number of benzene rings is 2. The number of ether oxygens (including phenoxy) is 1. The van der Waals surface area contributed by atoms with Crippen molar-refractivity contribution in [1.82, 2.24) is 10.0 Å². The van der Waals surface area contributed by atoms with Gasteiger partial charge >= 0.3 is 0 Å². The molecule has 112 valence electrons. The predicted molar refractivity (Wildman–Crippen MR) is 82.0 cm³/mol. The van der Waals surface area contributed by atoms with Crippen molar-refractivity contribution < 1.29 is 13.2 Å². The second-order valence-electron chi connectivity index (χ2n) is 4.43. The van der Waals surface area contributed by atoms with Gasteiger partial charge in [-0.3, -0.25) is 0 Å². The first-order valence-electron chi connectivity index (χ1n) is 6.51. The maximum absolute atomic E-state index is 12.0. The van der Waals surface area contributed by atoms with Crippen molar-refractivity contribution in [3.05, 3.63) is 54.1 Å². The van der Waals surface area contributed by atoms with Crippen molar-refractivity contribution >= 4 is 10.0 Å². The summed E-state index contributed by atoms with van der Waals surface area (Å²) in [6, 6.07) is 14.0.